The summed E-state index contributed by atoms with van der Waals surface area (Å²) < 4.78 is 9.63. The molecule has 0 N–H and O–H groups in total. The number of allylic oxidation sites excluding steroid dienone is 2. The van der Waals surface area contributed by atoms with Gasteiger partial charge in [0.2, 0.25) is 5.41 Å². The van der Waals surface area contributed by atoms with Gasteiger partial charge in [0.25, 0.3) is 0 Å². The average molecular weight is 300 g/mol. The first kappa shape index (κ1) is 16.0. The normalized spacial score (nSPS) is 19.3. The summed E-state index contributed by atoms with van der Waals surface area (Å²) in [7, 11) is 2.53. The molecule has 0 bridgehead atoms. The number of aryl methyl sites for hydroxylation is 1. The van der Waals surface area contributed by atoms with Crippen molar-refractivity contribution in [3.63, 3.8) is 0 Å². The van der Waals surface area contributed by atoms with Crippen LogP contribution in [0.15, 0.2) is 48.1 Å². The molecule has 1 aromatic rings. The van der Waals surface area contributed by atoms with Crippen molar-refractivity contribution in [2.24, 2.45) is 5.41 Å². The summed E-state index contributed by atoms with van der Waals surface area (Å²) >= 11 is 0. The third kappa shape index (κ3) is 2.56. The number of hydrogen-bond donors (Lipinski definition) is 0. The molecule has 0 saturated heterocycles. The molecule has 116 valence electrons. The molecule has 4 heteroatoms. The topological polar surface area (TPSA) is 52.6 Å². The second-order valence-electron chi connectivity index (χ2n) is 5.44. The first-order valence-electron chi connectivity index (χ1n) is 7.07. The van der Waals surface area contributed by atoms with Gasteiger partial charge < -0.3 is 9.47 Å². The molecule has 1 aliphatic carbocycles. The van der Waals surface area contributed by atoms with Gasteiger partial charge in [0.05, 0.1) is 14.2 Å². The van der Waals surface area contributed by atoms with Gasteiger partial charge in [0.1, 0.15) is 0 Å². The van der Waals surface area contributed by atoms with E-state index in [2.05, 4.69) is 6.07 Å². The standard InChI is InChI=1S/C18H20O4/c1-12-6-5-7-14(10-12)15-8-9-18(13(2)11-15,16(19)21-3)17(20)22-4/h5-11,15H,1-4H3. The van der Waals surface area contributed by atoms with Gasteiger partial charge in [-0.1, -0.05) is 48.1 Å². The highest BCUT2D eigenvalue weighted by atomic mass is 16.5. The summed E-state index contributed by atoms with van der Waals surface area (Å²) in [5.41, 5.74) is 1.40. The van der Waals surface area contributed by atoms with Crippen molar-refractivity contribution in [2.45, 2.75) is 19.8 Å². The highest BCUT2D eigenvalue weighted by Gasteiger charge is 2.49. The van der Waals surface area contributed by atoms with E-state index in [9.17, 15) is 9.59 Å². The predicted molar refractivity (Wildman–Crippen MR) is 83.3 cm³/mol. The molecule has 1 aromatic carbocycles. The molecule has 0 fully saturated rings. The maximum Gasteiger partial charge on any atom is 0.331 e. The smallest absolute Gasteiger partial charge is 0.331 e. The largest absolute Gasteiger partial charge is 0.468 e. The van der Waals surface area contributed by atoms with Gasteiger partial charge in [-0.3, -0.25) is 9.59 Å². The van der Waals surface area contributed by atoms with E-state index in [4.69, 9.17) is 9.47 Å². The Morgan fingerprint density at radius 1 is 1.09 bits per heavy atom. The van der Waals surface area contributed by atoms with Gasteiger partial charge in [-0.05, 0) is 25.0 Å². The molecule has 1 atom stereocenters. The van der Waals surface area contributed by atoms with Gasteiger partial charge in [-0.15, -0.1) is 0 Å². The number of benzene rings is 1. The van der Waals surface area contributed by atoms with Gasteiger partial charge in [0, 0.05) is 5.92 Å². The van der Waals surface area contributed by atoms with Crippen LogP contribution >= 0.6 is 0 Å². The Morgan fingerprint density at radius 3 is 2.23 bits per heavy atom. The third-order valence-corrected chi connectivity index (χ3v) is 4.05. The average Bonchev–Trinajstić information content (AvgIpc) is 2.53. The maximum absolute atomic E-state index is 12.2. The summed E-state index contributed by atoms with van der Waals surface area (Å²) in [6.45, 7) is 3.78. The van der Waals surface area contributed by atoms with E-state index in [-0.39, 0.29) is 5.92 Å². The van der Waals surface area contributed by atoms with Crippen LogP contribution in [-0.2, 0) is 19.1 Å². The van der Waals surface area contributed by atoms with Crippen LogP contribution in [0.3, 0.4) is 0 Å². The third-order valence-electron chi connectivity index (χ3n) is 4.05. The summed E-state index contributed by atoms with van der Waals surface area (Å²) in [6.07, 6.45) is 5.34. The van der Waals surface area contributed by atoms with Gasteiger partial charge in [-0.25, -0.2) is 0 Å². The maximum atomic E-state index is 12.2. The second kappa shape index (κ2) is 6.18. The molecular formula is C18H20O4. The number of carbonyl (C=O) groups excluding carboxylic acids is 2. The fraction of sp³-hybridized carbons (Fsp3) is 0.333. The lowest BCUT2D eigenvalue weighted by Gasteiger charge is -2.30. The van der Waals surface area contributed by atoms with E-state index in [1.807, 2.05) is 37.3 Å². The summed E-state index contributed by atoms with van der Waals surface area (Å²) in [6, 6.07) is 8.13. The molecule has 0 spiro atoms. The molecule has 0 amide bonds. The second-order valence-corrected chi connectivity index (χ2v) is 5.44. The lowest BCUT2D eigenvalue weighted by Crippen LogP contribution is -2.42. The molecule has 0 aliphatic heterocycles. The summed E-state index contributed by atoms with van der Waals surface area (Å²) in [5, 5.41) is 0. The Morgan fingerprint density at radius 2 is 1.73 bits per heavy atom. The van der Waals surface area contributed by atoms with Gasteiger partial charge >= 0.3 is 11.9 Å². The van der Waals surface area contributed by atoms with Crippen molar-refractivity contribution < 1.29 is 19.1 Å². The number of rotatable bonds is 3. The van der Waals surface area contributed by atoms with E-state index >= 15 is 0 Å². The number of methoxy groups -OCH3 is 2. The number of ether oxygens (including phenoxy) is 2. The van der Waals surface area contributed by atoms with E-state index in [1.165, 1.54) is 14.2 Å². The molecular weight excluding hydrogens is 280 g/mol. The van der Waals surface area contributed by atoms with Crippen LogP contribution in [-0.4, -0.2) is 26.2 Å². The molecule has 22 heavy (non-hydrogen) atoms. The minimum absolute atomic E-state index is 0.0161. The van der Waals surface area contributed by atoms with Crippen LogP contribution in [0.25, 0.3) is 0 Å². The lowest BCUT2D eigenvalue weighted by atomic mass is 9.74. The van der Waals surface area contributed by atoms with E-state index in [0.717, 1.165) is 11.1 Å². The highest BCUT2D eigenvalue weighted by Crippen LogP contribution is 2.39. The fourth-order valence-electron chi connectivity index (χ4n) is 2.78. The van der Waals surface area contributed by atoms with Crippen LogP contribution < -0.4 is 0 Å². The highest BCUT2D eigenvalue weighted by molar-refractivity contribution is 6.06. The first-order chi connectivity index (χ1) is 10.5. The van der Waals surface area contributed by atoms with Crippen molar-refractivity contribution in [1.29, 1.82) is 0 Å². The Kier molecular flexibility index (Phi) is 4.50. The van der Waals surface area contributed by atoms with Crippen molar-refractivity contribution in [3.05, 3.63) is 59.2 Å². The lowest BCUT2D eigenvalue weighted by molar-refractivity contribution is -0.162. The molecule has 2 rings (SSSR count). The fourth-order valence-corrected chi connectivity index (χ4v) is 2.78. The number of hydrogen-bond acceptors (Lipinski definition) is 4. The van der Waals surface area contributed by atoms with Crippen LogP contribution in [0.1, 0.15) is 24.0 Å². The molecule has 0 heterocycles. The Labute approximate surface area is 130 Å². The zero-order chi connectivity index (χ0) is 16.3. The SMILES string of the molecule is COC(=O)C1(C(=O)OC)C=CC(c2cccc(C)c2)C=C1C. The molecule has 1 unspecified atom stereocenters. The van der Waals surface area contributed by atoms with Gasteiger partial charge in [-0.2, -0.15) is 0 Å². The minimum atomic E-state index is -1.48. The van der Waals surface area contributed by atoms with E-state index < -0.39 is 17.4 Å². The molecule has 0 aromatic heterocycles. The number of esters is 2. The molecule has 1 aliphatic rings. The van der Waals surface area contributed by atoms with Crippen LogP contribution in [0.5, 0.6) is 0 Å². The summed E-state index contributed by atoms with van der Waals surface area (Å²) in [5.74, 6) is -1.25. The zero-order valence-electron chi connectivity index (χ0n) is 13.3. The quantitative estimate of drug-likeness (QED) is 0.489. The van der Waals surface area contributed by atoms with E-state index in [0.29, 0.717) is 5.57 Å². The zero-order valence-corrected chi connectivity index (χ0v) is 13.3. The Hall–Kier alpha value is -2.36. The van der Waals surface area contributed by atoms with Crippen LogP contribution in [0.4, 0.5) is 0 Å². The van der Waals surface area contributed by atoms with Crippen molar-refractivity contribution >= 4 is 11.9 Å². The minimum Gasteiger partial charge on any atom is -0.468 e. The van der Waals surface area contributed by atoms with Crippen LogP contribution in [0, 0.1) is 12.3 Å². The van der Waals surface area contributed by atoms with Crippen molar-refractivity contribution in [2.75, 3.05) is 14.2 Å². The monoisotopic (exact) mass is 300 g/mol. The van der Waals surface area contributed by atoms with Crippen LogP contribution in [0.2, 0.25) is 0 Å². The molecule has 4 nitrogen and oxygen atoms in total. The first-order valence-corrected chi connectivity index (χ1v) is 7.07. The number of carbonyl (C=O) groups is 2. The van der Waals surface area contributed by atoms with Crippen molar-refractivity contribution in [3.8, 4) is 0 Å². The Bertz CT molecular complexity index is 639. The van der Waals surface area contributed by atoms with E-state index in [1.54, 1.807) is 13.0 Å². The van der Waals surface area contributed by atoms with Crippen molar-refractivity contribution in [1.82, 2.24) is 0 Å². The Balaban J connectivity index is 2.44. The van der Waals surface area contributed by atoms with Gasteiger partial charge in [0.15, 0.2) is 0 Å². The molecule has 0 radical (unpaired) electrons. The summed E-state index contributed by atoms with van der Waals surface area (Å²) in [4.78, 5) is 24.4. The predicted octanol–water partition coefficient (Wildman–Crippen LogP) is 2.93. The molecule has 0 saturated carbocycles.